The number of aromatic amines is 1. The average Bonchev–Trinajstić information content (AvgIpc) is 3.56. The van der Waals surface area contributed by atoms with Gasteiger partial charge in [0.2, 0.25) is 0 Å². The third kappa shape index (κ3) is 4.24. The van der Waals surface area contributed by atoms with Crippen molar-refractivity contribution in [3.8, 4) is 33.8 Å². The minimum atomic E-state index is -3.99. The summed E-state index contributed by atoms with van der Waals surface area (Å²) in [6.45, 7) is 0. The Bertz CT molecular complexity index is 1820. The van der Waals surface area contributed by atoms with Crippen LogP contribution in [-0.2, 0) is 14.8 Å². The zero-order valence-corrected chi connectivity index (χ0v) is 22.1. The molecule has 1 N–H and O–H groups in total. The fraction of sp³-hybridized carbons (Fsp3) is 0.103. The number of benzene rings is 3. The molecule has 5 aromatic rings. The van der Waals surface area contributed by atoms with Gasteiger partial charge >= 0.3 is 5.97 Å². The highest BCUT2D eigenvalue weighted by atomic mass is 32.2. The van der Waals surface area contributed by atoms with Crippen LogP contribution in [0, 0.1) is 0 Å². The van der Waals surface area contributed by atoms with Crippen molar-refractivity contribution in [3.05, 3.63) is 90.4 Å². The lowest BCUT2D eigenvalue weighted by molar-refractivity contribution is 0.0595. The van der Waals surface area contributed by atoms with Crippen LogP contribution in [0.5, 0.6) is 11.5 Å². The van der Waals surface area contributed by atoms with Crippen LogP contribution in [0.25, 0.3) is 33.2 Å². The summed E-state index contributed by atoms with van der Waals surface area (Å²) in [5.41, 5.74) is 2.18. The molecule has 0 atom stereocenters. The summed E-state index contributed by atoms with van der Waals surface area (Å²) in [6, 6.07) is 20.1. The van der Waals surface area contributed by atoms with Gasteiger partial charge in [-0.15, -0.1) is 0 Å². The molecule has 0 bridgehead atoms. The van der Waals surface area contributed by atoms with E-state index in [9.17, 15) is 18.0 Å². The van der Waals surface area contributed by atoms with Crippen molar-refractivity contribution < 1.29 is 32.2 Å². The van der Waals surface area contributed by atoms with E-state index in [0.29, 0.717) is 50.9 Å². The maximum absolute atomic E-state index is 13.7. The van der Waals surface area contributed by atoms with Crippen LogP contribution in [0.2, 0.25) is 0 Å². The van der Waals surface area contributed by atoms with Gasteiger partial charge in [-0.2, -0.15) is 0 Å². The van der Waals surface area contributed by atoms with E-state index >= 15 is 0 Å². The number of aromatic nitrogens is 2. The van der Waals surface area contributed by atoms with Gasteiger partial charge in [-0.3, -0.25) is 4.79 Å². The van der Waals surface area contributed by atoms with Crippen molar-refractivity contribution >= 4 is 33.2 Å². The highest BCUT2D eigenvalue weighted by Crippen LogP contribution is 2.44. The van der Waals surface area contributed by atoms with Crippen LogP contribution in [0.1, 0.15) is 21.0 Å². The van der Waals surface area contributed by atoms with Crippen LogP contribution in [0.15, 0.2) is 83.9 Å². The zero-order chi connectivity index (χ0) is 27.7. The predicted molar refractivity (Wildman–Crippen MR) is 146 cm³/mol. The third-order valence-corrected chi connectivity index (χ3v) is 8.14. The van der Waals surface area contributed by atoms with E-state index in [-0.39, 0.29) is 16.3 Å². The van der Waals surface area contributed by atoms with Gasteiger partial charge in [-0.25, -0.2) is 17.2 Å². The second-order valence-electron chi connectivity index (χ2n) is 8.52. The van der Waals surface area contributed by atoms with E-state index in [0.717, 1.165) is 0 Å². The zero-order valence-electron chi connectivity index (χ0n) is 21.3. The van der Waals surface area contributed by atoms with Crippen molar-refractivity contribution in [1.82, 2.24) is 8.96 Å². The van der Waals surface area contributed by atoms with E-state index in [4.69, 9.17) is 14.2 Å². The molecule has 2 heterocycles. The fourth-order valence-corrected chi connectivity index (χ4v) is 6.07. The lowest BCUT2D eigenvalue weighted by atomic mass is 9.94. The van der Waals surface area contributed by atoms with Crippen LogP contribution in [-0.4, -0.2) is 51.0 Å². The number of carbonyl (C=O) groups is 2. The number of para-hydroxylation sites is 1. The normalized spacial score (nSPS) is 11.4. The first kappa shape index (κ1) is 25.8. The number of hydrogen-bond donors (Lipinski definition) is 1. The van der Waals surface area contributed by atoms with Crippen molar-refractivity contribution in [2.24, 2.45) is 0 Å². The van der Waals surface area contributed by atoms with Crippen molar-refractivity contribution in [1.29, 1.82) is 0 Å². The number of esters is 1. The van der Waals surface area contributed by atoms with E-state index < -0.39 is 16.0 Å². The van der Waals surface area contributed by atoms with Gasteiger partial charge in [-0.1, -0.05) is 42.5 Å². The lowest BCUT2D eigenvalue weighted by Gasteiger charge is -2.12. The molecule has 0 saturated carbocycles. The third-order valence-electron chi connectivity index (χ3n) is 6.46. The summed E-state index contributed by atoms with van der Waals surface area (Å²) < 4.78 is 44.4. The summed E-state index contributed by atoms with van der Waals surface area (Å²) in [7, 11) is 0.234. The fourth-order valence-electron chi connectivity index (χ4n) is 4.68. The molecular weight excluding hydrogens is 520 g/mol. The molecule has 10 heteroatoms. The molecule has 3 aromatic carbocycles. The molecule has 9 nitrogen and oxygen atoms in total. The highest BCUT2D eigenvalue weighted by molar-refractivity contribution is 7.90. The standard InChI is InChI=1S/C29H24N2O7S/c1-36-24-14-13-18(15-25(24)37-2)26-27(22(17-32)30-28(26)29(33)38-3)21-16-31(23-12-8-7-11-20(21)23)39(34,35)19-9-5-4-6-10-19/h4-17,30H,1-3H3. The SMILES string of the molecule is COC(=O)c1[nH]c(C=O)c(-c2cn(S(=O)(=O)c3ccccc3)c3ccccc23)c1-c1ccc(OC)c(OC)c1. The Morgan fingerprint density at radius 2 is 1.56 bits per heavy atom. The maximum atomic E-state index is 13.7. The highest BCUT2D eigenvalue weighted by Gasteiger charge is 2.29. The summed E-state index contributed by atoms with van der Waals surface area (Å²) in [6.07, 6.45) is 2.05. The average molecular weight is 545 g/mol. The molecule has 39 heavy (non-hydrogen) atoms. The van der Waals surface area contributed by atoms with Crippen LogP contribution in [0.3, 0.4) is 0 Å². The first-order valence-corrected chi connectivity index (χ1v) is 13.2. The molecule has 0 aliphatic heterocycles. The Hall–Kier alpha value is -4.83. The Labute approximate surface area is 224 Å². The molecule has 198 valence electrons. The van der Waals surface area contributed by atoms with Gasteiger partial charge in [0.15, 0.2) is 17.8 Å². The van der Waals surface area contributed by atoms with E-state index in [1.807, 2.05) is 0 Å². The van der Waals surface area contributed by atoms with E-state index in [1.54, 1.807) is 60.7 Å². The van der Waals surface area contributed by atoms with Gasteiger partial charge in [0.1, 0.15) is 5.69 Å². The maximum Gasteiger partial charge on any atom is 0.355 e. The molecule has 0 aliphatic carbocycles. The quantitative estimate of drug-likeness (QED) is 0.212. The van der Waals surface area contributed by atoms with Crippen molar-refractivity contribution in [2.75, 3.05) is 21.3 Å². The molecule has 0 unspecified atom stereocenters. The number of fused-ring (bicyclic) bond motifs is 1. The van der Waals surface area contributed by atoms with Crippen molar-refractivity contribution in [2.45, 2.75) is 4.90 Å². The smallest absolute Gasteiger partial charge is 0.355 e. The Morgan fingerprint density at radius 3 is 2.23 bits per heavy atom. The largest absolute Gasteiger partial charge is 0.493 e. The number of carbonyl (C=O) groups excluding carboxylic acids is 2. The number of nitrogens with zero attached hydrogens (tertiary/aromatic N) is 1. The number of ether oxygens (including phenoxy) is 3. The van der Waals surface area contributed by atoms with Crippen LogP contribution < -0.4 is 9.47 Å². The van der Waals surface area contributed by atoms with Crippen molar-refractivity contribution in [3.63, 3.8) is 0 Å². The first-order valence-electron chi connectivity index (χ1n) is 11.8. The van der Waals surface area contributed by atoms with Gasteiger partial charge in [0.05, 0.1) is 37.4 Å². The van der Waals surface area contributed by atoms with Crippen LogP contribution in [0.4, 0.5) is 0 Å². The van der Waals surface area contributed by atoms with Crippen LogP contribution >= 0.6 is 0 Å². The molecule has 0 spiro atoms. The summed E-state index contributed by atoms with van der Waals surface area (Å²) in [5.74, 6) is 0.175. The molecule has 0 saturated heterocycles. The molecular formula is C29H24N2O7S. The summed E-state index contributed by atoms with van der Waals surface area (Å²) >= 11 is 0. The predicted octanol–water partition coefficient (Wildman–Crippen LogP) is 5.16. The van der Waals surface area contributed by atoms with Gasteiger partial charge in [0, 0.05) is 28.3 Å². The van der Waals surface area contributed by atoms with E-state index in [1.165, 1.54) is 43.6 Å². The number of methoxy groups -OCH3 is 3. The molecule has 0 aliphatic rings. The topological polar surface area (TPSA) is 117 Å². The van der Waals surface area contributed by atoms with Gasteiger partial charge in [0.25, 0.3) is 10.0 Å². The lowest BCUT2D eigenvalue weighted by Crippen LogP contribution is -2.11. The molecule has 5 rings (SSSR count). The summed E-state index contributed by atoms with van der Waals surface area (Å²) in [4.78, 5) is 28.2. The number of aldehydes is 1. The number of nitrogens with one attached hydrogen (secondary N) is 1. The second-order valence-corrected chi connectivity index (χ2v) is 10.3. The Kier molecular flexibility index (Phi) is 6.71. The minimum Gasteiger partial charge on any atom is -0.493 e. The van der Waals surface area contributed by atoms with Gasteiger partial charge in [-0.05, 0) is 35.9 Å². The summed E-state index contributed by atoms with van der Waals surface area (Å²) in [5, 5.41) is 0.567. The minimum absolute atomic E-state index is 0.0320. The number of H-pyrrole nitrogens is 1. The molecule has 2 aromatic heterocycles. The number of rotatable bonds is 8. The van der Waals surface area contributed by atoms with E-state index in [2.05, 4.69) is 4.98 Å². The number of hydrogen-bond acceptors (Lipinski definition) is 7. The Balaban J connectivity index is 1.87. The second kappa shape index (κ2) is 10.1. The molecule has 0 radical (unpaired) electrons. The molecule has 0 fully saturated rings. The Morgan fingerprint density at radius 1 is 0.872 bits per heavy atom. The molecule has 0 amide bonds. The monoisotopic (exact) mass is 544 g/mol. The van der Waals surface area contributed by atoms with Gasteiger partial charge < -0.3 is 19.2 Å². The first-order chi connectivity index (χ1) is 18.8.